The van der Waals surface area contributed by atoms with Crippen molar-refractivity contribution in [1.82, 2.24) is 10.2 Å². The van der Waals surface area contributed by atoms with E-state index in [-0.39, 0.29) is 0 Å². The maximum Gasteiger partial charge on any atom is 0.223 e. The second-order valence-electron chi connectivity index (χ2n) is 5.13. The Balaban J connectivity index is 1.87. The van der Waals surface area contributed by atoms with Gasteiger partial charge in [-0.25, -0.2) is 0 Å². The Morgan fingerprint density at radius 3 is 2.71 bits per heavy atom. The van der Waals surface area contributed by atoms with Crippen LogP contribution in [-0.2, 0) is 4.79 Å². The number of carbonyl (C=O) groups is 1. The zero-order chi connectivity index (χ0) is 12.1. The Morgan fingerprint density at radius 2 is 2.12 bits per heavy atom. The van der Waals surface area contributed by atoms with E-state index in [1.165, 1.54) is 0 Å². The largest absolute Gasteiger partial charge is 0.340 e. The van der Waals surface area contributed by atoms with Crippen LogP contribution in [0.15, 0.2) is 12.2 Å². The smallest absolute Gasteiger partial charge is 0.223 e. The normalized spacial score (nSPS) is 25.1. The third kappa shape index (κ3) is 3.32. The number of piperidine rings is 1. The van der Waals surface area contributed by atoms with Gasteiger partial charge in [0.15, 0.2) is 0 Å². The van der Waals surface area contributed by atoms with Gasteiger partial charge in [0.1, 0.15) is 0 Å². The molecule has 3 heteroatoms. The topological polar surface area (TPSA) is 32.3 Å². The van der Waals surface area contributed by atoms with Crippen LogP contribution in [0.25, 0.3) is 0 Å². The number of nitrogens with zero attached hydrogens (tertiary/aromatic N) is 1. The minimum atomic E-state index is 0.357. The maximum absolute atomic E-state index is 12.3. The molecule has 0 aromatic carbocycles. The van der Waals surface area contributed by atoms with Gasteiger partial charge in [-0.1, -0.05) is 12.2 Å². The second kappa shape index (κ2) is 6.20. The summed E-state index contributed by atoms with van der Waals surface area (Å²) in [4.78, 5) is 14.4. The van der Waals surface area contributed by atoms with Crippen molar-refractivity contribution >= 4 is 5.91 Å². The number of amides is 1. The first-order valence-corrected chi connectivity index (χ1v) is 6.98. The highest BCUT2D eigenvalue weighted by molar-refractivity contribution is 5.77. The highest BCUT2D eigenvalue weighted by Crippen LogP contribution is 2.22. The summed E-state index contributed by atoms with van der Waals surface area (Å²) < 4.78 is 0. The van der Waals surface area contributed by atoms with Crippen molar-refractivity contribution in [1.29, 1.82) is 0 Å². The number of carbonyl (C=O) groups excluding carboxylic acids is 1. The minimum absolute atomic E-state index is 0.357. The Morgan fingerprint density at radius 1 is 1.35 bits per heavy atom. The molecule has 0 spiro atoms. The molecule has 1 aliphatic heterocycles. The van der Waals surface area contributed by atoms with Gasteiger partial charge in [-0.15, -0.1) is 0 Å². The fourth-order valence-electron chi connectivity index (χ4n) is 2.96. The molecule has 17 heavy (non-hydrogen) atoms. The molecular formula is C14H24N2O. The molecule has 0 aromatic heterocycles. The van der Waals surface area contributed by atoms with E-state index in [0.29, 0.717) is 24.3 Å². The van der Waals surface area contributed by atoms with Gasteiger partial charge in [0.05, 0.1) is 0 Å². The molecule has 1 amide bonds. The third-order valence-corrected chi connectivity index (χ3v) is 3.96. The predicted molar refractivity (Wildman–Crippen MR) is 69.8 cm³/mol. The van der Waals surface area contributed by atoms with Gasteiger partial charge < -0.3 is 10.2 Å². The van der Waals surface area contributed by atoms with Crippen LogP contribution in [0.2, 0.25) is 0 Å². The number of nitrogens with one attached hydrogen (secondary N) is 1. The van der Waals surface area contributed by atoms with Gasteiger partial charge in [0, 0.05) is 19.0 Å². The van der Waals surface area contributed by atoms with Gasteiger partial charge in [-0.3, -0.25) is 4.79 Å². The highest BCUT2D eigenvalue weighted by atomic mass is 16.2. The van der Waals surface area contributed by atoms with E-state index in [1.807, 2.05) is 0 Å². The van der Waals surface area contributed by atoms with E-state index in [2.05, 4.69) is 29.3 Å². The molecule has 1 atom stereocenters. The quantitative estimate of drug-likeness (QED) is 0.757. The first kappa shape index (κ1) is 12.6. The van der Waals surface area contributed by atoms with Crippen LogP contribution in [0.5, 0.6) is 0 Å². The lowest BCUT2D eigenvalue weighted by Crippen LogP contribution is -2.46. The molecular weight excluding hydrogens is 212 g/mol. The lowest BCUT2D eigenvalue weighted by Gasteiger charge is -2.34. The second-order valence-corrected chi connectivity index (χ2v) is 5.13. The van der Waals surface area contributed by atoms with Crippen LogP contribution in [0.4, 0.5) is 0 Å². The van der Waals surface area contributed by atoms with Crippen molar-refractivity contribution in [3.8, 4) is 0 Å². The summed E-state index contributed by atoms with van der Waals surface area (Å²) in [5, 5.41) is 3.36. The van der Waals surface area contributed by atoms with Gasteiger partial charge in [-0.05, 0) is 51.6 Å². The molecule has 1 saturated heterocycles. The van der Waals surface area contributed by atoms with Gasteiger partial charge in [0.25, 0.3) is 0 Å². The standard InChI is InChI=1S/C14H24N2O/c1-2-16(13-7-9-15-10-8-13)14(17)11-12-5-3-4-6-12/h3,5,12-13,15H,2,4,6-11H2,1H3. The average molecular weight is 236 g/mol. The summed E-state index contributed by atoms with van der Waals surface area (Å²) in [7, 11) is 0. The minimum Gasteiger partial charge on any atom is -0.340 e. The zero-order valence-corrected chi connectivity index (χ0v) is 10.8. The van der Waals surface area contributed by atoms with Gasteiger partial charge >= 0.3 is 0 Å². The molecule has 0 saturated carbocycles. The van der Waals surface area contributed by atoms with Crippen LogP contribution < -0.4 is 5.32 Å². The Kier molecular flexibility index (Phi) is 4.60. The molecule has 1 heterocycles. The summed E-state index contributed by atoms with van der Waals surface area (Å²) in [6, 6.07) is 0.471. The van der Waals surface area contributed by atoms with Crippen molar-refractivity contribution in [2.24, 2.45) is 5.92 Å². The van der Waals surface area contributed by atoms with E-state index >= 15 is 0 Å². The first-order valence-electron chi connectivity index (χ1n) is 6.98. The van der Waals surface area contributed by atoms with Gasteiger partial charge in [0.2, 0.25) is 5.91 Å². The molecule has 0 aromatic rings. The van der Waals surface area contributed by atoms with Crippen molar-refractivity contribution in [3.05, 3.63) is 12.2 Å². The lowest BCUT2D eigenvalue weighted by atomic mass is 10.0. The van der Waals surface area contributed by atoms with Crippen LogP contribution in [0, 0.1) is 5.92 Å². The summed E-state index contributed by atoms with van der Waals surface area (Å²) in [6.45, 7) is 5.07. The molecule has 2 aliphatic rings. The molecule has 0 radical (unpaired) electrons. The van der Waals surface area contributed by atoms with E-state index in [1.54, 1.807) is 0 Å². The van der Waals surface area contributed by atoms with Crippen molar-refractivity contribution in [3.63, 3.8) is 0 Å². The van der Waals surface area contributed by atoms with Crippen LogP contribution >= 0.6 is 0 Å². The Hall–Kier alpha value is -0.830. The third-order valence-electron chi connectivity index (χ3n) is 3.96. The van der Waals surface area contributed by atoms with Crippen molar-refractivity contribution in [2.45, 2.75) is 45.1 Å². The number of rotatable bonds is 4. The van der Waals surface area contributed by atoms with E-state index in [9.17, 15) is 4.79 Å². The van der Waals surface area contributed by atoms with Crippen LogP contribution in [0.3, 0.4) is 0 Å². The maximum atomic E-state index is 12.3. The molecule has 2 rings (SSSR count). The molecule has 1 unspecified atom stereocenters. The summed E-state index contributed by atoms with van der Waals surface area (Å²) in [5.41, 5.74) is 0. The Bertz CT molecular complexity index is 282. The van der Waals surface area contributed by atoms with Crippen molar-refractivity contribution < 1.29 is 4.79 Å². The Labute approximate surface area is 104 Å². The van der Waals surface area contributed by atoms with Gasteiger partial charge in [-0.2, -0.15) is 0 Å². The van der Waals surface area contributed by atoms with Crippen LogP contribution in [0.1, 0.15) is 39.0 Å². The predicted octanol–water partition coefficient (Wildman–Crippen LogP) is 1.94. The molecule has 1 fully saturated rings. The summed E-state index contributed by atoms with van der Waals surface area (Å²) >= 11 is 0. The zero-order valence-electron chi connectivity index (χ0n) is 10.8. The number of hydrogen-bond donors (Lipinski definition) is 1. The number of hydrogen-bond acceptors (Lipinski definition) is 2. The fraction of sp³-hybridized carbons (Fsp3) is 0.786. The molecule has 1 aliphatic carbocycles. The van der Waals surface area contributed by atoms with Crippen molar-refractivity contribution in [2.75, 3.05) is 19.6 Å². The summed E-state index contributed by atoms with van der Waals surface area (Å²) in [6.07, 6.45) is 9.67. The van der Waals surface area contributed by atoms with E-state index in [0.717, 1.165) is 45.3 Å². The SMILES string of the molecule is CCN(C(=O)CC1C=CCC1)C1CCNCC1. The average Bonchev–Trinajstić information content (AvgIpc) is 2.84. The van der Waals surface area contributed by atoms with E-state index in [4.69, 9.17) is 0 Å². The fourth-order valence-corrected chi connectivity index (χ4v) is 2.96. The molecule has 1 N–H and O–H groups in total. The number of allylic oxidation sites excluding steroid dienone is 2. The first-order chi connectivity index (χ1) is 8.31. The lowest BCUT2D eigenvalue weighted by molar-refractivity contribution is -0.134. The molecule has 0 bridgehead atoms. The van der Waals surface area contributed by atoms with E-state index < -0.39 is 0 Å². The molecule has 96 valence electrons. The van der Waals surface area contributed by atoms with Crippen LogP contribution in [-0.4, -0.2) is 36.5 Å². The monoisotopic (exact) mass is 236 g/mol. The molecule has 3 nitrogen and oxygen atoms in total. The highest BCUT2D eigenvalue weighted by Gasteiger charge is 2.25. The summed E-state index contributed by atoms with van der Waals surface area (Å²) in [5.74, 6) is 0.856.